The van der Waals surface area contributed by atoms with E-state index in [0.717, 1.165) is 22.8 Å². The first-order valence-electron chi connectivity index (χ1n) is 25.3. The third-order valence-corrected chi connectivity index (χ3v) is 7.21. The molecule has 0 aliphatic rings. The molecular weight excluding hydrogens is 1120 g/mol. The summed E-state index contributed by atoms with van der Waals surface area (Å²) in [7, 11) is 9.61. The summed E-state index contributed by atoms with van der Waals surface area (Å²) < 4.78 is 34.1. The number of nitrogens with one attached hydrogen (secondary N) is 1. The number of carboxylic acids is 5. The van der Waals surface area contributed by atoms with Gasteiger partial charge in [0.2, 0.25) is 21.6 Å². The standard InChI is InChI=1S/C10H15NO5.C10H18O5.C7H10BNO3.C7H17NO2.C6H16N2O2.C5H6BNO5.C4H7NO4/c1-7(12)5-11(6-8(2)13)9(14)3-4-10(15)16;1-9(2,3)14-7(11)13-8(12)15-10(4,5)6;1-5(10)3-9(7(8)12)4-6(2)11;1-2-4-9-6-7-10-5-3-8;7-1-3-9-5-6-10-4-2-8;6-5(12)7(1-3(8)9)2-4(10)11;6-3(7)1-5-2-4(8)9/h3-6H2,1-2H3,(H,15,16);1-6H3;3-4H2,1-2H3;2-8H2,1H3;1-8H2;1-2H2,(H,8,9)(H,10,11);5H,1-2H2,(H,6,7)(H,8,9). The van der Waals surface area contributed by atoms with Gasteiger partial charge < -0.3 is 90.6 Å². The Balaban J connectivity index is -0.000000166. The van der Waals surface area contributed by atoms with Crippen LogP contribution in [-0.4, -0.2) is 275 Å². The minimum atomic E-state index is -1.31. The smallest absolute Gasteiger partial charge is 0.481 e. The molecule has 0 aromatic carbocycles. The molecule has 0 fully saturated rings. The van der Waals surface area contributed by atoms with Gasteiger partial charge in [-0.3, -0.25) is 62.9 Å². The predicted molar refractivity (Wildman–Crippen MR) is 299 cm³/mol. The summed E-state index contributed by atoms with van der Waals surface area (Å²) in [6, 6.07) is 0. The number of rotatable bonds is 33. The number of hydrogen-bond donors (Lipinski definition) is 9. The highest BCUT2D eigenvalue weighted by molar-refractivity contribution is 6.57. The third-order valence-electron chi connectivity index (χ3n) is 7.21. The van der Waals surface area contributed by atoms with Crippen molar-refractivity contribution < 1.29 is 126 Å². The predicted octanol–water partition coefficient (Wildman–Crippen LogP) is -0.698. The van der Waals surface area contributed by atoms with Crippen LogP contribution in [0, 0.1) is 0 Å². The molecule has 35 heteroatoms. The Kier molecular flexibility index (Phi) is 62.4. The number of carbonyl (C=O) groups excluding carboxylic acids is 9. The van der Waals surface area contributed by atoms with E-state index in [2.05, 4.69) is 17.0 Å². The molecule has 0 saturated heterocycles. The molecule has 3 amide bonds. The fourth-order valence-corrected chi connectivity index (χ4v) is 4.35. The number of ether oxygens (including phenoxy) is 7. The molecule has 0 aromatic heterocycles. The minimum Gasteiger partial charge on any atom is -0.481 e. The number of Topliss-reactive ketones (excluding diaryl/α,β-unsaturated/α-hetero) is 4. The first-order valence-corrected chi connectivity index (χ1v) is 25.3. The maximum atomic E-state index is 11.5. The molecule has 12 N–H and O–H groups in total. The highest BCUT2D eigenvalue weighted by Crippen LogP contribution is 2.11. The van der Waals surface area contributed by atoms with E-state index in [1.165, 1.54) is 27.7 Å². The normalized spacial score (nSPS) is 9.93. The first-order chi connectivity index (χ1) is 38.6. The fraction of sp³-hybridized carbons (Fsp3) is 0.714. The summed E-state index contributed by atoms with van der Waals surface area (Å²) >= 11 is 0. The number of carboxylic acid groups (broad SMARTS) is 5. The van der Waals surface area contributed by atoms with Gasteiger partial charge in [-0.15, -0.1) is 0 Å². The summed E-state index contributed by atoms with van der Waals surface area (Å²) in [5.74, 6) is -9.02. The number of amides is 3. The van der Waals surface area contributed by atoms with E-state index >= 15 is 0 Å². The summed E-state index contributed by atoms with van der Waals surface area (Å²) in [6.45, 7) is 21.8. The lowest BCUT2D eigenvalue weighted by Crippen LogP contribution is -2.38. The third kappa shape index (κ3) is 88.8. The molecule has 0 heterocycles. The van der Waals surface area contributed by atoms with Gasteiger partial charge in [0.25, 0.3) is 0 Å². The summed E-state index contributed by atoms with van der Waals surface area (Å²) in [5, 5.41) is 42.9. The molecule has 0 unspecified atom stereocenters. The van der Waals surface area contributed by atoms with Crippen molar-refractivity contribution in [2.45, 2.75) is 107 Å². The highest BCUT2D eigenvalue weighted by Gasteiger charge is 2.24. The number of hydrogen-bond acceptors (Lipinski definition) is 25. The summed E-state index contributed by atoms with van der Waals surface area (Å²) in [4.78, 5) is 150. The molecule has 0 aliphatic heterocycles. The van der Waals surface area contributed by atoms with Crippen LogP contribution in [0.5, 0.6) is 0 Å². The van der Waals surface area contributed by atoms with E-state index in [9.17, 15) is 67.1 Å². The van der Waals surface area contributed by atoms with Gasteiger partial charge in [-0.25, -0.2) is 9.59 Å². The molecule has 482 valence electrons. The van der Waals surface area contributed by atoms with Crippen molar-refractivity contribution in [3.63, 3.8) is 0 Å². The molecular formula is C49H89B2N7O26. The second-order valence-corrected chi connectivity index (χ2v) is 18.4. The van der Waals surface area contributed by atoms with Crippen molar-refractivity contribution in [2.75, 3.05) is 125 Å². The van der Waals surface area contributed by atoms with E-state index in [-0.39, 0.29) is 75.2 Å². The second-order valence-electron chi connectivity index (χ2n) is 18.4. The number of nitrogens with zero attached hydrogens (tertiary/aromatic N) is 3. The molecule has 0 atom stereocenters. The van der Waals surface area contributed by atoms with Crippen molar-refractivity contribution in [3.8, 4) is 0 Å². The van der Waals surface area contributed by atoms with Crippen LogP contribution in [0.15, 0.2) is 0 Å². The van der Waals surface area contributed by atoms with Gasteiger partial charge in [-0.2, -0.15) is 0 Å². The Bertz CT molecular complexity index is 1790. The summed E-state index contributed by atoms with van der Waals surface area (Å²) in [6.07, 6.45) is -1.55. The molecule has 84 heavy (non-hydrogen) atoms. The van der Waals surface area contributed by atoms with Crippen LogP contribution in [0.2, 0.25) is 0 Å². The first kappa shape index (κ1) is 90.8. The molecule has 0 bridgehead atoms. The Morgan fingerprint density at radius 2 is 0.702 bits per heavy atom. The maximum absolute atomic E-state index is 11.5. The fourth-order valence-electron chi connectivity index (χ4n) is 4.35. The highest BCUT2D eigenvalue weighted by atomic mass is 16.8. The monoisotopic (exact) mass is 1210 g/mol. The van der Waals surface area contributed by atoms with Crippen molar-refractivity contribution in [2.24, 2.45) is 17.2 Å². The minimum absolute atomic E-state index is 0.102. The molecule has 0 saturated carbocycles. The SMILES string of the molecule is CC(=O)CN(CC(C)=O)C(=O)CCC(=O)O.CC(C)(C)OC(=O)OC(=O)OC(C)(C)C.CCCOCCOCCN.NCCOCCOCCN.O=C(O)CNCC(=O)O.[B]C(=O)N(CC(=O)O)CC(=O)O.[B]C(=O)N(CC(C)=O)CC(C)=O. The van der Waals surface area contributed by atoms with Crippen LogP contribution in [-0.2, 0) is 81.1 Å². The van der Waals surface area contributed by atoms with Gasteiger partial charge in [0.1, 0.15) is 47.4 Å². The van der Waals surface area contributed by atoms with Crippen LogP contribution in [0.4, 0.5) is 19.2 Å². The lowest BCUT2D eigenvalue weighted by atomic mass is 10.1. The second kappa shape index (κ2) is 57.8. The van der Waals surface area contributed by atoms with E-state index in [1.54, 1.807) is 41.5 Å². The Morgan fingerprint density at radius 1 is 0.417 bits per heavy atom. The van der Waals surface area contributed by atoms with E-state index in [0.29, 0.717) is 70.8 Å². The number of nitrogens with two attached hydrogens (primary N) is 3. The molecule has 0 aromatic rings. The van der Waals surface area contributed by atoms with E-state index in [1.807, 2.05) is 0 Å². The lowest BCUT2D eigenvalue weighted by Gasteiger charge is -2.20. The lowest BCUT2D eigenvalue weighted by molar-refractivity contribution is -0.142. The van der Waals surface area contributed by atoms with Gasteiger partial charge in [-0.1, -0.05) is 6.92 Å². The average molecular weight is 1210 g/mol. The number of ketones is 4. The largest absolute Gasteiger partial charge is 0.519 e. The quantitative estimate of drug-likeness (QED) is 0.0170. The van der Waals surface area contributed by atoms with E-state index < -0.39 is 84.0 Å². The van der Waals surface area contributed by atoms with Gasteiger partial charge >= 0.3 is 42.2 Å². The van der Waals surface area contributed by atoms with Crippen LogP contribution >= 0.6 is 0 Å². The molecule has 33 nitrogen and oxygen atoms in total. The van der Waals surface area contributed by atoms with Crippen molar-refractivity contribution in [3.05, 3.63) is 0 Å². The van der Waals surface area contributed by atoms with Crippen molar-refractivity contribution in [1.29, 1.82) is 0 Å². The van der Waals surface area contributed by atoms with Crippen LogP contribution < -0.4 is 22.5 Å². The zero-order chi connectivity index (χ0) is 67.0. The number of aliphatic carboxylic acids is 5. The van der Waals surface area contributed by atoms with Gasteiger partial charge in [0, 0.05) is 32.7 Å². The van der Waals surface area contributed by atoms with Gasteiger partial charge in [-0.05, 0) is 75.7 Å². The van der Waals surface area contributed by atoms with Crippen LogP contribution in [0.25, 0.3) is 0 Å². The Hall–Kier alpha value is -7.01. The molecule has 0 rings (SSSR count). The Morgan fingerprint density at radius 3 is 0.929 bits per heavy atom. The molecule has 0 spiro atoms. The van der Waals surface area contributed by atoms with E-state index in [4.69, 9.17) is 86.8 Å². The maximum Gasteiger partial charge on any atom is 0.519 e. The van der Waals surface area contributed by atoms with Crippen LogP contribution in [0.1, 0.15) is 95.4 Å². The van der Waals surface area contributed by atoms with Crippen molar-refractivity contribution in [1.82, 2.24) is 20.0 Å². The average Bonchev–Trinajstić information content (AvgIpc) is 3.32. The van der Waals surface area contributed by atoms with Gasteiger partial charge in [0.15, 0.2) is 11.6 Å². The van der Waals surface area contributed by atoms with Gasteiger partial charge in [0.05, 0.1) is 91.9 Å². The zero-order valence-corrected chi connectivity index (χ0v) is 50.1. The Labute approximate surface area is 491 Å². The number of carbonyl (C=O) groups is 14. The topological polar surface area (TPSA) is 505 Å². The van der Waals surface area contributed by atoms with Crippen LogP contribution in [0.3, 0.4) is 0 Å². The zero-order valence-electron chi connectivity index (χ0n) is 50.1. The molecule has 0 aliphatic carbocycles. The van der Waals surface area contributed by atoms with Crippen molar-refractivity contribution >= 4 is 98.5 Å². The summed E-state index contributed by atoms with van der Waals surface area (Å²) in [5.41, 5.74) is 14.2. The molecule has 4 radical (unpaired) electrons.